The Bertz CT molecular complexity index is 2630. The zero-order valence-corrected chi connectivity index (χ0v) is 29.1. The van der Waals surface area contributed by atoms with Crippen LogP contribution < -0.4 is 0 Å². The standard InChI is InChI=1S/C49H36N2O/c1-32(2)49-51-48-43(21-12-22-46(48)52-49)38-18-11-19-39(29-38)47-41-20-10-9-13-34(41)27-28-42(47)35-25-23-33(24-26-35)40-30-44(36-14-5-3-6-15-36)50-45(31-40)37-16-7-4-8-17-37/h3-32H,1-2H3. The van der Waals surface area contributed by atoms with E-state index in [1.807, 2.05) is 18.2 Å². The molecule has 248 valence electrons. The third kappa shape index (κ3) is 5.87. The summed E-state index contributed by atoms with van der Waals surface area (Å²) >= 11 is 0. The first-order chi connectivity index (χ1) is 25.6. The number of nitrogens with zero attached hydrogens (tertiary/aromatic N) is 2. The topological polar surface area (TPSA) is 38.9 Å². The predicted octanol–water partition coefficient (Wildman–Crippen LogP) is 13.5. The highest BCUT2D eigenvalue weighted by Crippen LogP contribution is 2.41. The normalized spacial score (nSPS) is 11.4. The molecule has 0 aliphatic rings. The van der Waals surface area contributed by atoms with Gasteiger partial charge in [0.15, 0.2) is 11.5 Å². The minimum atomic E-state index is 0.214. The van der Waals surface area contributed by atoms with Crippen molar-refractivity contribution in [1.82, 2.24) is 9.97 Å². The Morgan fingerprint density at radius 1 is 0.423 bits per heavy atom. The van der Waals surface area contributed by atoms with E-state index in [1.54, 1.807) is 0 Å². The average molecular weight is 669 g/mol. The summed E-state index contributed by atoms with van der Waals surface area (Å²) in [6, 6.07) is 62.4. The molecule has 0 saturated heterocycles. The highest BCUT2D eigenvalue weighted by Gasteiger charge is 2.17. The molecule has 9 aromatic rings. The Morgan fingerprint density at radius 3 is 1.75 bits per heavy atom. The van der Waals surface area contributed by atoms with Crippen molar-refractivity contribution in [1.29, 1.82) is 0 Å². The first-order valence-electron chi connectivity index (χ1n) is 17.8. The number of hydrogen-bond acceptors (Lipinski definition) is 3. The Balaban J connectivity index is 1.15. The van der Waals surface area contributed by atoms with Gasteiger partial charge < -0.3 is 4.42 Å². The quantitative estimate of drug-likeness (QED) is 0.170. The maximum Gasteiger partial charge on any atom is 0.198 e. The number of benzene rings is 7. The van der Waals surface area contributed by atoms with E-state index in [0.29, 0.717) is 0 Å². The fourth-order valence-electron chi connectivity index (χ4n) is 7.16. The van der Waals surface area contributed by atoms with Crippen LogP contribution in [0, 0.1) is 0 Å². The Labute approximate surface area is 303 Å². The van der Waals surface area contributed by atoms with Crippen LogP contribution in [-0.2, 0) is 0 Å². The summed E-state index contributed by atoms with van der Waals surface area (Å²) in [5, 5.41) is 2.43. The van der Waals surface area contributed by atoms with Gasteiger partial charge in [0.1, 0.15) is 5.52 Å². The third-order valence-electron chi connectivity index (χ3n) is 9.81. The van der Waals surface area contributed by atoms with Crippen molar-refractivity contribution in [2.75, 3.05) is 0 Å². The van der Waals surface area contributed by atoms with Crippen molar-refractivity contribution in [2.24, 2.45) is 0 Å². The van der Waals surface area contributed by atoms with E-state index < -0.39 is 0 Å². The molecule has 9 rings (SSSR count). The molecule has 2 aromatic heterocycles. The van der Waals surface area contributed by atoms with Gasteiger partial charge in [-0.3, -0.25) is 0 Å². The van der Waals surface area contributed by atoms with Gasteiger partial charge in [-0.1, -0.05) is 166 Å². The van der Waals surface area contributed by atoms with Gasteiger partial charge in [0.05, 0.1) is 11.4 Å². The summed E-state index contributed by atoms with van der Waals surface area (Å²) in [5.74, 6) is 0.976. The Morgan fingerprint density at radius 2 is 1.04 bits per heavy atom. The number of para-hydroxylation sites is 1. The SMILES string of the molecule is CC(C)c1nc2c(-c3cccc(-c4c(-c5ccc(-c6cc(-c7ccccc7)nc(-c7ccccc7)c6)cc5)ccc5ccccc45)c3)cccc2o1. The van der Waals surface area contributed by atoms with Crippen LogP contribution in [0.25, 0.3) is 88.9 Å². The summed E-state index contributed by atoms with van der Waals surface area (Å²) in [6.45, 7) is 4.22. The van der Waals surface area contributed by atoms with E-state index in [1.165, 1.54) is 21.9 Å². The second-order valence-corrected chi connectivity index (χ2v) is 13.6. The van der Waals surface area contributed by atoms with E-state index in [0.717, 1.165) is 72.9 Å². The smallest absolute Gasteiger partial charge is 0.198 e. The molecule has 0 atom stereocenters. The van der Waals surface area contributed by atoms with Crippen LogP contribution in [0.5, 0.6) is 0 Å². The molecule has 0 aliphatic heterocycles. The number of rotatable bonds is 7. The van der Waals surface area contributed by atoms with Gasteiger partial charge in [-0.05, 0) is 74.0 Å². The number of oxazole rings is 1. The van der Waals surface area contributed by atoms with E-state index in [2.05, 4.69) is 172 Å². The molecule has 3 heteroatoms. The van der Waals surface area contributed by atoms with Crippen LogP contribution >= 0.6 is 0 Å². The van der Waals surface area contributed by atoms with Crippen molar-refractivity contribution in [2.45, 2.75) is 19.8 Å². The van der Waals surface area contributed by atoms with Gasteiger partial charge in [0.2, 0.25) is 0 Å². The van der Waals surface area contributed by atoms with Crippen molar-refractivity contribution in [3.63, 3.8) is 0 Å². The largest absolute Gasteiger partial charge is 0.440 e. The van der Waals surface area contributed by atoms with Crippen LogP contribution in [0.4, 0.5) is 0 Å². The molecule has 3 nitrogen and oxygen atoms in total. The lowest BCUT2D eigenvalue weighted by molar-refractivity contribution is 0.501. The summed E-state index contributed by atoms with van der Waals surface area (Å²) < 4.78 is 6.13. The monoisotopic (exact) mass is 668 g/mol. The Hall–Kier alpha value is -6.58. The number of fused-ring (bicyclic) bond motifs is 2. The average Bonchev–Trinajstić information content (AvgIpc) is 3.67. The number of aromatic nitrogens is 2. The first kappa shape index (κ1) is 31.4. The Kier molecular flexibility index (Phi) is 8.02. The maximum absolute atomic E-state index is 6.13. The predicted molar refractivity (Wildman–Crippen MR) is 216 cm³/mol. The van der Waals surface area contributed by atoms with Gasteiger partial charge in [0, 0.05) is 22.6 Å². The van der Waals surface area contributed by atoms with E-state index >= 15 is 0 Å². The highest BCUT2D eigenvalue weighted by atomic mass is 16.3. The zero-order chi connectivity index (χ0) is 35.0. The summed E-state index contributed by atoms with van der Waals surface area (Å²) in [6.07, 6.45) is 0. The molecule has 0 N–H and O–H groups in total. The molecule has 0 unspecified atom stereocenters. The van der Waals surface area contributed by atoms with Gasteiger partial charge in [-0.2, -0.15) is 0 Å². The second-order valence-electron chi connectivity index (χ2n) is 13.6. The molecule has 0 bridgehead atoms. The summed E-state index contributed by atoms with van der Waals surface area (Å²) in [5.41, 5.74) is 15.0. The van der Waals surface area contributed by atoms with Gasteiger partial charge >= 0.3 is 0 Å². The molecule has 2 heterocycles. The molecule has 0 spiro atoms. The first-order valence-corrected chi connectivity index (χ1v) is 17.8. The van der Waals surface area contributed by atoms with E-state index in [9.17, 15) is 0 Å². The van der Waals surface area contributed by atoms with Crippen LogP contribution in [-0.4, -0.2) is 9.97 Å². The molecule has 7 aromatic carbocycles. The maximum atomic E-state index is 6.13. The second kappa shape index (κ2) is 13.3. The molecular formula is C49H36N2O. The van der Waals surface area contributed by atoms with E-state index in [4.69, 9.17) is 14.4 Å². The molecular weight excluding hydrogens is 633 g/mol. The van der Waals surface area contributed by atoms with Crippen LogP contribution in [0.3, 0.4) is 0 Å². The highest BCUT2D eigenvalue weighted by molar-refractivity contribution is 6.05. The fourth-order valence-corrected chi connectivity index (χ4v) is 7.16. The van der Waals surface area contributed by atoms with Crippen molar-refractivity contribution < 1.29 is 4.42 Å². The minimum Gasteiger partial charge on any atom is -0.440 e. The van der Waals surface area contributed by atoms with Crippen molar-refractivity contribution >= 4 is 21.9 Å². The van der Waals surface area contributed by atoms with Gasteiger partial charge in [-0.15, -0.1) is 0 Å². The molecule has 0 amide bonds. The minimum absolute atomic E-state index is 0.214. The van der Waals surface area contributed by atoms with E-state index in [-0.39, 0.29) is 5.92 Å². The number of pyridine rings is 1. The lowest BCUT2D eigenvalue weighted by atomic mass is 9.88. The fraction of sp³-hybridized carbons (Fsp3) is 0.0612. The van der Waals surface area contributed by atoms with Crippen LogP contribution in [0.15, 0.2) is 180 Å². The van der Waals surface area contributed by atoms with Crippen LogP contribution in [0.2, 0.25) is 0 Å². The zero-order valence-electron chi connectivity index (χ0n) is 29.1. The van der Waals surface area contributed by atoms with Gasteiger partial charge in [-0.25, -0.2) is 9.97 Å². The number of hydrogen-bond donors (Lipinski definition) is 0. The van der Waals surface area contributed by atoms with Crippen molar-refractivity contribution in [3.8, 4) is 67.0 Å². The molecule has 0 aliphatic carbocycles. The van der Waals surface area contributed by atoms with Crippen LogP contribution in [0.1, 0.15) is 25.7 Å². The third-order valence-corrected chi connectivity index (χ3v) is 9.81. The lowest BCUT2D eigenvalue weighted by Crippen LogP contribution is -1.92. The van der Waals surface area contributed by atoms with Crippen molar-refractivity contribution in [3.05, 3.63) is 182 Å². The summed E-state index contributed by atoms with van der Waals surface area (Å²) in [4.78, 5) is 10.00. The molecule has 0 fully saturated rings. The molecule has 52 heavy (non-hydrogen) atoms. The molecule has 0 saturated carbocycles. The van der Waals surface area contributed by atoms with Gasteiger partial charge in [0.25, 0.3) is 0 Å². The lowest BCUT2D eigenvalue weighted by Gasteiger charge is -2.16. The summed E-state index contributed by atoms with van der Waals surface area (Å²) in [7, 11) is 0. The molecule has 0 radical (unpaired) electrons.